The molecule has 1 atom stereocenters. The van der Waals surface area contributed by atoms with Gasteiger partial charge in [0.25, 0.3) is 0 Å². The van der Waals surface area contributed by atoms with Crippen LogP contribution in [0.2, 0.25) is 0 Å². The number of methoxy groups -OCH3 is 1. The lowest BCUT2D eigenvalue weighted by Crippen LogP contribution is -2.45. The molecule has 1 aliphatic rings. The number of aromatic nitrogens is 3. The zero-order chi connectivity index (χ0) is 17.6. The molecule has 7 heteroatoms. The fourth-order valence-electron chi connectivity index (χ4n) is 2.98. The first-order chi connectivity index (χ1) is 12.2. The van der Waals surface area contributed by atoms with E-state index >= 15 is 0 Å². The van der Waals surface area contributed by atoms with Gasteiger partial charge in [-0.25, -0.2) is 14.8 Å². The largest absolute Gasteiger partial charge is 0.453 e. The number of carbonyl (C=O) groups excluding carboxylic acids is 1. The Balaban J connectivity index is 1.79. The smallest absolute Gasteiger partial charge is 0.409 e. The van der Waals surface area contributed by atoms with Crippen molar-refractivity contribution in [1.29, 1.82) is 0 Å². The van der Waals surface area contributed by atoms with Crippen molar-refractivity contribution in [2.75, 3.05) is 25.5 Å². The molecular weight excluding hydrogens is 318 g/mol. The van der Waals surface area contributed by atoms with Gasteiger partial charge in [-0.3, -0.25) is 4.98 Å². The second-order valence-electron chi connectivity index (χ2n) is 6.06. The van der Waals surface area contributed by atoms with Crippen LogP contribution in [0, 0.1) is 0 Å². The number of anilines is 1. The maximum absolute atomic E-state index is 11.7. The van der Waals surface area contributed by atoms with Crippen LogP contribution < -0.4 is 5.32 Å². The average Bonchev–Trinajstić information content (AvgIpc) is 2.68. The Morgan fingerprint density at radius 1 is 1.36 bits per heavy atom. The first kappa shape index (κ1) is 17.1. The maximum atomic E-state index is 11.7. The van der Waals surface area contributed by atoms with E-state index in [0.717, 1.165) is 42.9 Å². The van der Waals surface area contributed by atoms with E-state index < -0.39 is 0 Å². The van der Waals surface area contributed by atoms with Gasteiger partial charge in [0.15, 0.2) is 5.82 Å². The quantitative estimate of drug-likeness (QED) is 0.921. The highest BCUT2D eigenvalue weighted by molar-refractivity contribution is 5.67. The molecule has 0 saturated carbocycles. The van der Waals surface area contributed by atoms with Gasteiger partial charge >= 0.3 is 6.09 Å². The first-order valence-corrected chi connectivity index (χ1v) is 8.57. The van der Waals surface area contributed by atoms with E-state index in [1.165, 1.54) is 7.11 Å². The van der Waals surface area contributed by atoms with Crippen molar-refractivity contribution in [3.8, 4) is 11.4 Å². The molecule has 3 heterocycles. The lowest BCUT2D eigenvalue weighted by atomic mass is 10.1. The molecule has 3 rings (SSSR count). The van der Waals surface area contributed by atoms with Crippen LogP contribution in [-0.4, -0.2) is 52.2 Å². The fraction of sp³-hybridized carbons (Fsp3) is 0.444. The van der Waals surface area contributed by atoms with Crippen LogP contribution in [0.4, 0.5) is 10.6 Å². The topological polar surface area (TPSA) is 80.2 Å². The Labute approximate surface area is 147 Å². The van der Waals surface area contributed by atoms with Crippen molar-refractivity contribution < 1.29 is 9.53 Å². The second-order valence-corrected chi connectivity index (χ2v) is 6.06. The van der Waals surface area contributed by atoms with Crippen LogP contribution in [-0.2, 0) is 11.2 Å². The highest BCUT2D eigenvalue weighted by Crippen LogP contribution is 2.20. The summed E-state index contributed by atoms with van der Waals surface area (Å²) in [7, 11) is 1.41. The standard InChI is InChI=1S/C18H23N5O2/c1-3-14-11-16(22-17(21-14)13-6-8-19-9-7-13)20-15-5-4-10-23(12-15)18(24)25-2/h6-9,11,15H,3-5,10,12H2,1-2H3,(H,20,21,22). The Kier molecular flexibility index (Phi) is 5.42. The van der Waals surface area contributed by atoms with Crippen molar-refractivity contribution in [1.82, 2.24) is 19.9 Å². The predicted molar refractivity (Wildman–Crippen MR) is 95.3 cm³/mol. The molecule has 132 valence electrons. The summed E-state index contributed by atoms with van der Waals surface area (Å²) in [6.45, 7) is 3.42. The van der Waals surface area contributed by atoms with Crippen LogP contribution in [0.15, 0.2) is 30.6 Å². The van der Waals surface area contributed by atoms with Gasteiger partial charge in [0.1, 0.15) is 5.82 Å². The molecule has 1 amide bonds. The van der Waals surface area contributed by atoms with Crippen molar-refractivity contribution in [2.24, 2.45) is 0 Å². The number of hydrogen-bond donors (Lipinski definition) is 1. The third-order valence-corrected chi connectivity index (χ3v) is 4.29. The van der Waals surface area contributed by atoms with E-state index in [2.05, 4.69) is 27.2 Å². The summed E-state index contributed by atoms with van der Waals surface area (Å²) in [5, 5.41) is 3.46. The average molecular weight is 341 g/mol. The second kappa shape index (κ2) is 7.92. The number of piperidine rings is 1. The molecule has 2 aromatic rings. The fourth-order valence-corrected chi connectivity index (χ4v) is 2.98. The molecule has 0 radical (unpaired) electrons. The number of carbonyl (C=O) groups is 1. The summed E-state index contributed by atoms with van der Waals surface area (Å²) in [5.41, 5.74) is 1.91. The highest BCUT2D eigenvalue weighted by atomic mass is 16.5. The number of rotatable bonds is 4. The summed E-state index contributed by atoms with van der Waals surface area (Å²) in [4.78, 5) is 26.8. The summed E-state index contributed by atoms with van der Waals surface area (Å²) < 4.78 is 4.83. The number of pyridine rings is 1. The van der Waals surface area contributed by atoms with Crippen LogP contribution in [0.1, 0.15) is 25.5 Å². The maximum Gasteiger partial charge on any atom is 0.409 e. The molecule has 1 fully saturated rings. The van der Waals surface area contributed by atoms with E-state index in [1.54, 1.807) is 17.3 Å². The molecule has 0 aliphatic carbocycles. The van der Waals surface area contributed by atoms with Gasteiger partial charge in [-0.05, 0) is 31.4 Å². The third-order valence-electron chi connectivity index (χ3n) is 4.29. The van der Waals surface area contributed by atoms with Crippen LogP contribution in [0.5, 0.6) is 0 Å². The lowest BCUT2D eigenvalue weighted by molar-refractivity contribution is 0.113. The summed E-state index contributed by atoms with van der Waals surface area (Å²) in [6.07, 6.45) is 5.95. The van der Waals surface area contributed by atoms with Gasteiger partial charge in [-0.1, -0.05) is 6.92 Å². The van der Waals surface area contributed by atoms with Gasteiger partial charge < -0.3 is 15.0 Å². The minimum Gasteiger partial charge on any atom is -0.453 e. The monoisotopic (exact) mass is 341 g/mol. The molecule has 2 aromatic heterocycles. The highest BCUT2D eigenvalue weighted by Gasteiger charge is 2.24. The van der Waals surface area contributed by atoms with Crippen LogP contribution in [0.3, 0.4) is 0 Å². The number of likely N-dealkylation sites (tertiary alicyclic amines) is 1. The van der Waals surface area contributed by atoms with Crippen molar-refractivity contribution in [3.63, 3.8) is 0 Å². The van der Waals surface area contributed by atoms with E-state index in [-0.39, 0.29) is 12.1 Å². The normalized spacial score (nSPS) is 17.2. The van der Waals surface area contributed by atoms with Crippen molar-refractivity contribution >= 4 is 11.9 Å². The predicted octanol–water partition coefficient (Wildman–Crippen LogP) is 2.74. The molecular formula is C18H23N5O2. The van der Waals surface area contributed by atoms with Crippen molar-refractivity contribution in [3.05, 3.63) is 36.3 Å². The third kappa shape index (κ3) is 4.23. The molecule has 25 heavy (non-hydrogen) atoms. The molecule has 1 aliphatic heterocycles. The van der Waals surface area contributed by atoms with E-state index in [4.69, 9.17) is 4.74 Å². The first-order valence-electron chi connectivity index (χ1n) is 8.57. The molecule has 1 saturated heterocycles. The van der Waals surface area contributed by atoms with E-state index in [1.807, 2.05) is 18.2 Å². The molecule has 1 unspecified atom stereocenters. The number of amides is 1. The molecule has 0 spiro atoms. The number of nitrogens with zero attached hydrogens (tertiary/aromatic N) is 4. The van der Waals surface area contributed by atoms with Gasteiger partial charge in [-0.15, -0.1) is 0 Å². The Morgan fingerprint density at radius 2 is 2.16 bits per heavy atom. The Morgan fingerprint density at radius 3 is 2.88 bits per heavy atom. The minimum absolute atomic E-state index is 0.151. The Hall–Kier alpha value is -2.70. The number of nitrogens with one attached hydrogen (secondary N) is 1. The van der Waals surface area contributed by atoms with Gasteiger partial charge in [0.2, 0.25) is 0 Å². The SMILES string of the molecule is CCc1cc(NC2CCCN(C(=O)OC)C2)nc(-c2ccncc2)n1. The van der Waals surface area contributed by atoms with Gasteiger partial charge in [-0.2, -0.15) is 0 Å². The summed E-state index contributed by atoms with van der Waals surface area (Å²) >= 11 is 0. The molecule has 1 N–H and O–H groups in total. The van der Waals surface area contributed by atoms with Crippen molar-refractivity contribution in [2.45, 2.75) is 32.2 Å². The lowest BCUT2D eigenvalue weighted by Gasteiger charge is -2.32. The number of aryl methyl sites for hydroxylation is 1. The number of hydrogen-bond acceptors (Lipinski definition) is 6. The zero-order valence-electron chi connectivity index (χ0n) is 14.6. The minimum atomic E-state index is -0.277. The molecule has 0 bridgehead atoms. The molecule has 7 nitrogen and oxygen atoms in total. The Bertz CT molecular complexity index is 723. The number of ether oxygens (including phenoxy) is 1. The van der Waals surface area contributed by atoms with Gasteiger partial charge in [0.05, 0.1) is 7.11 Å². The summed E-state index contributed by atoms with van der Waals surface area (Å²) in [5.74, 6) is 1.47. The molecule has 0 aromatic carbocycles. The zero-order valence-corrected chi connectivity index (χ0v) is 14.6. The van der Waals surface area contributed by atoms with E-state index in [0.29, 0.717) is 12.4 Å². The van der Waals surface area contributed by atoms with Crippen LogP contribution >= 0.6 is 0 Å². The summed E-state index contributed by atoms with van der Waals surface area (Å²) in [6, 6.07) is 5.93. The van der Waals surface area contributed by atoms with E-state index in [9.17, 15) is 4.79 Å². The van der Waals surface area contributed by atoms with Crippen LogP contribution in [0.25, 0.3) is 11.4 Å². The van der Waals surface area contributed by atoms with Gasteiger partial charge in [0, 0.05) is 48.8 Å².